The van der Waals surface area contributed by atoms with Crippen molar-refractivity contribution in [1.29, 1.82) is 0 Å². The molecule has 0 aromatic heterocycles. The van der Waals surface area contributed by atoms with Gasteiger partial charge in [-0.15, -0.1) is 0 Å². The molecule has 0 saturated carbocycles. The fourth-order valence-electron chi connectivity index (χ4n) is 1.40. The summed E-state index contributed by atoms with van der Waals surface area (Å²) in [4.78, 5) is 0. The highest BCUT2D eigenvalue weighted by atomic mass is 35.5. The lowest BCUT2D eigenvalue weighted by atomic mass is 10.2. The SMILES string of the molecule is COCCNCc1cccc(Cl)c1OCCO. The van der Waals surface area contributed by atoms with Crippen molar-refractivity contribution in [3.8, 4) is 5.75 Å². The van der Waals surface area contributed by atoms with E-state index in [1.807, 2.05) is 12.1 Å². The Bertz CT molecular complexity index is 334. The Balaban J connectivity index is 2.59. The molecule has 2 N–H and O–H groups in total. The number of para-hydroxylation sites is 1. The molecule has 0 heterocycles. The molecule has 0 atom stereocenters. The molecule has 0 spiro atoms. The van der Waals surface area contributed by atoms with Crippen LogP contribution in [0.1, 0.15) is 5.56 Å². The molecule has 0 aliphatic heterocycles. The summed E-state index contributed by atoms with van der Waals surface area (Å²) < 4.78 is 10.4. The maximum absolute atomic E-state index is 8.76. The first-order valence-corrected chi connectivity index (χ1v) is 5.88. The van der Waals surface area contributed by atoms with Crippen LogP contribution >= 0.6 is 11.6 Å². The Kier molecular flexibility index (Phi) is 6.96. The summed E-state index contributed by atoms with van der Waals surface area (Å²) in [6.07, 6.45) is 0. The zero-order valence-corrected chi connectivity index (χ0v) is 10.7. The summed E-state index contributed by atoms with van der Waals surface area (Å²) in [6, 6.07) is 5.59. The zero-order valence-electron chi connectivity index (χ0n) is 9.91. The summed E-state index contributed by atoms with van der Waals surface area (Å²) in [7, 11) is 1.66. The minimum atomic E-state index is -0.0260. The summed E-state index contributed by atoms with van der Waals surface area (Å²) in [5, 5.41) is 12.5. The first-order valence-electron chi connectivity index (χ1n) is 5.50. The van der Waals surface area contributed by atoms with E-state index in [2.05, 4.69) is 5.32 Å². The molecule has 1 aromatic rings. The predicted octanol–water partition coefficient (Wildman–Crippen LogP) is 1.45. The molecular weight excluding hydrogens is 242 g/mol. The molecular formula is C12H18ClNO3. The van der Waals surface area contributed by atoms with Crippen molar-refractivity contribution < 1.29 is 14.6 Å². The lowest BCUT2D eigenvalue weighted by Gasteiger charge is -2.13. The number of rotatable bonds is 8. The number of halogens is 1. The van der Waals surface area contributed by atoms with Gasteiger partial charge in [-0.05, 0) is 6.07 Å². The summed E-state index contributed by atoms with van der Waals surface area (Å²) in [5.41, 5.74) is 0.974. The first kappa shape index (κ1) is 14.3. The second kappa shape index (κ2) is 8.31. The van der Waals surface area contributed by atoms with E-state index in [0.717, 1.165) is 12.1 Å². The van der Waals surface area contributed by atoms with Gasteiger partial charge in [-0.3, -0.25) is 0 Å². The average Bonchev–Trinajstić information content (AvgIpc) is 2.34. The number of hydrogen-bond donors (Lipinski definition) is 2. The van der Waals surface area contributed by atoms with Gasteiger partial charge in [0.2, 0.25) is 0 Å². The van der Waals surface area contributed by atoms with E-state index in [0.29, 0.717) is 23.9 Å². The standard InChI is InChI=1S/C12H18ClNO3/c1-16-7-5-14-9-10-3-2-4-11(13)12(10)17-8-6-15/h2-4,14-15H,5-9H2,1H3. The van der Waals surface area contributed by atoms with Crippen LogP contribution in [-0.4, -0.2) is 38.6 Å². The Morgan fingerprint density at radius 3 is 2.88 bits per heavy atom. The highest BCUT2D eigenvalue weighted by Crippen LogP contribution is 2.28. The van der Waals surface area contributed by atoms with Crippen LogP contribution in [0.3, 0.4) is 0 Å². The molecule has 17 heavy (non-hydrogen) atoms. The molecule has 0 amide bonds. The van der Waals surface area contributed by atoms with Gasteiger partial charge in [-0.2, -0.15) is 0 Å². The molecule has 0 aliphatic rings. The van der Waals surface area contributed by atoms with Crippen LogP contribution in [0, 0.1) is 0 Å². The topological polar surface area (TPSA) is 50.7 Å². The van der Waals surface area contributed by atoms with Crippen molar-refractivity contribution in [3.05, 3.63) is 28.8 Å². The monoisotopic (exact) mass is 259 g/mol. The van der Waals surface area contributed by atoms with Crippen molar-refractivity contribution in [2.75, 3.05) is 33.5 Å². The van der Waals surface area contributed by atoms with Gasteiger partial charge in [0.05, 0.1) is 18.2 Å². The fourth-order valence-corrected chi connectivity index (χ4v) is 1.65. The van der Waals surface area contributed by atoms with Gasteiger partial charge in [0.15, 0.2) is 0 Å². The number of aliphatic hydroxyl groups excluding tert-OH is 1. The van der Waals surface area contributed by atoms with Crippen LogP contribution < -0.4 is 10.1 Å². The predicted molar refractivity (Wildman–Crippen MR) is 67.6 cm³/mol. The number of aliphatic hydroxyl groups is 1. The summed E-state index contributed by atoms with van der Waals surface area (Å²) in [5.74, 6) is 0.633. The van der Waals surface area contributed by atoms with E-state index in [1.165, 1.54) is 0 Å². The third kappa shape index (κ3) is 4.91. The largest absolute Gasteiger partial charge is 0.489 e. The lowest BCUT2D eigenvalue weighted by molar-refractivity contribution is 0.196. The summed E-state index contributed by atoms with van der Waals surface area (Å²) >= 11 is 6.05. The molecule has 1 rings (SSSR count). The molecule has 0 radical (unpaired) electrons. The highest BCUT2D eigenvalue weighted by Gasteiger charge is 2.07. The van der Waals surface area contributed by atoms with E-state index in [9.17, 15) is 0 Å². The van der Waals surface area contributed by atoms with Gasteiger partial charge < -0.3 is 19.9 Å². The van der Waals surface area contributed by atoms with Crippen LogP contribution in [0.2, 0.25) is 5.02 Å². The molecule has 0 saturated heterocycles. The number of ether oxygens (including phenoxy) is 2. The van der Waals surface area contributed by atoms with E-state index >= 15 is 0 Å². The molecule has 0 fully saturated rings. The number of benzene rings is 1. The Morgan fingerprint density at radius 1 is 1.35 bits per heavy atom. The number of methoxy groups -OCH3 is 1. The van der Waals surface area contributed by atoms with Gasteiger partial charge in [0.1, 0.15) is 12.4 Å². The summed E-state index contributed by atoms with van der Waals surface area (Å²) in [6.45, 7) is 2.30. The van der Waals surface area contributed by atoms with Gasteiger partial charge >= 0.3 is 0 Å². The molecule has 96 valence electrons. The van der Waals surface area contributed by atoms with E-state index in [-0.39, 0.29) is 13.2 Å². The van der Waals surface area contributed by atoms with Crippen LogP contribution in [-0.2, 0) is 11.3 Å². The second-order valence-electron chi connectivity index (χ2n) is 3.47. The van der Waals surface area contributed by atoms with Crippen molar-refractivity contribution in [2.24, 2.45) is 0 Å². The van der Waals surface area contributed by atoms with Gasteiger partial charge in [0, 0.05) is 25.8 Å². The van der Waals surface area contributed by atoms with Crippen LogP contribution in [0.15, 0.2) is 18.2 Å². The molecule has 5 heteroatoms. The molecule has 0 aliphatic carbocycles. The average molecular weight is 260 g/mol. The van der Waals surface area contributed by atoms with Crippen molar-refractivity contribution in [1.82, 2.24) is 5.32 Å². The van der Waals surface area contributed by atoms with Gasteiger partial charge in [0.25, 0.3) is 0 Å². The fraction of sp³-hybridized carbons (Fsp3) is 0.500. The first-order chi connectivity index (χ1) is 8.29. The van der Waals surface area contributed by atoms with Crippen molar-refractivity contribution >= 4 is 11.6 Å². The smallest absolute Gasteiger partial charge is 0.142 e. The highest BCUT2D eigenvalue weighted by molar-refractivity contribution is 6.32. The lowest BCUT2D eigenvalue weighted by Crippen LogP contribution is -2.19. The van der Waals surface area contributed by atoms with Crippen molar-refractivity contribution in [3.63, 3.8) is 0 Å². The van der Waals surface area contributed by atoms with Crippen molar-refractivity contribution in [2.45, 2.75) is 6.54 Å². The number of hydrogen-bond acceptors (Lipinski definition) is 4. The third-order valence-corrected chi connectivity index (χ3v) is 2.48. The molecule has 0 unspecified atom stereocenters. The van der Waals surface area contributed by atoms with E-state index in [4.69, 9.17) is 26.2 Å². The normalized spacial score (nSPS) is 10.5. The van der Waals surface area contributed by atoms with E-state index in [1.54, 1.807) is 13.2 Å². The molecule has 4 nitrogen and oxygen atoms in total. The van der Waals surface area contributed by atoms with E-state index < -0.39 is 0 Å². The Hall–Kier alpha value is -0.810. The van der Waals surface area contributed by atoms with Crippen LogP contribution in [0.25, 0.3) is 0 Å². The minimum absolute atomic E-state index is 0.0260. The van der Waals surface area contributed by atoms with Gasteiger partial charge in [-0.25, -0.2) is 0 Å². The van der Waals surface area contributed by atoms with Crippen LogP contribution in [0.5, 0.6) is 5.75 Å². The molecule has 1 aromatic carbocycles. The zero-order chi connectivity index (χ0) is 12.5. The van der Waals surface area contributed by atoms with Gasteiger partial charge in [-0.1, -0.05) is 23.7 Å². The maximum atomic E-state index is 8.76. The second-order valence-corrected chi connectivity index (χ2v) is 3.88. The quantitative estimate of drug-likeness (QED) is 0.694. The minimum Gasteiger partial charge on any atom is -0.489 e. The Morgan fingerprint density at radius 2 is 2.18 bits per heavy atom. The third-order valence-electron chi connectivity index (χ3n) is 2.18. The number of nitrogens with one attached hydrogen (secondary N) is 1. The Labute approximate surface area is 106 Å². The molecule has 0 bridgehead atoms. The van der Waals surface area contributed by atoms with Crippen LogP contribution in [0.4, 0.5) is 0 Å². The maximum Gasteiger partial charge on any atom is 0.142 e.